The van der Waals surface area contributed by atoms with Crippen LogP contribution in [0, 0.1) is 5.82 Å². The van der Waals surface area contributed by atoms with Crippen molar-refractivity contribution >= 4 is 5.84 Å². The molecule has 1 aromatic rings. The van der Waals surface area contributed by atoms with Crippen molar-refractivity contribution in [3.05, 3.63) is 35.1 Å². The molecule has 21 heavy (non-hydrogen) atoms. The van der Waals surface area contributed by atoms with Crippen molar-refractivity contribution in [1.29, 1.82) is 0 Å². The van der Waals surface area contributed by atoms with Gasteiger partial charge in [0.25, 0.3) is 0 Å². The SMILES string of the molecule is CCCCCCC(C)NCc1ccc(C(N)=NO)cc1F. The molecule has 0 fully saturated rings. The van der Waals surface area contributed by atoms with Gasteiger partial charge in [0.05, 0.1) is 0 Å². The number of hydrogen-bond acceptors (Lipinski definition) is 3. The molecule has 0 amide bonds. The number of halogens is 1. The lowest BCUT2D eigenvalue weighted by atomic mass is 10.1. The number of hydrogen-bond donors (Lipinski definition) is 3. The Labute approximate surface area is 126 Å². The van der Waals surface area contributed by atoms with E-state index in [2.05, 4.69) is 24.3 Å². The first-order chi connectivity index (χ1) is 10.1. The van der Waals surface area contributed by atoms with Crippen LogP contribution >= 0.6 is 0 Å². The monoisotopic (exact) mass is 295 g/mol. The van der Waals surface area contributed by atoms with Crippen molar-refractivity contribution in [2.45, 2.75) is 58.5 Å². The highest BCUT2D eigenvalue weighted by molar-refractivity contribution is 5.97. The number of unbranched alkanes of at least 4 members (excludes halogenated alkanes) is 3. The molecule has 0 heterocycles. The van der Waals surface area contributed by atoms with Crippen LogP contribution in [0.4, 0.5) is 4.39 Å². The van der Waals surface area contributed by atoms with E-state index in [1.54, 1.807) is 12.1 Å². The Morgan fingerprint density at radius 1 is 1.38 bits per heavy atom. The summed E-state index contributed by atoms with van der Waals surface area (Å²) in [5, 5.41) is 14.8. The summed E-state index contributed by atoms with van der Waals surface area (Å²) in [6.45, 7) is 4.80. The second kappa shape index (κ2) is 9.34. The zero-order valence-electron chi connectivity index (χ0n) is 12.9. The van der Waals surface area contributed by atoms with E-state index in [4.69, 9.17) is 10.9 Å². The molecule has 0 aliphatic heterocycles. The molecule has 0 aliphatic carbocycles. The summed E-state index contributed by atoms with van der Waals surface area (Å²) in [5.41, 5.74) is 6.40. The highest BCUT2D eigenvalue weighted by Crippen LogP contribution is 2.12. The van der Waals surface area contributed by atoms with Crippen LogP contribution < -0.4 is 11.1 Å². The van der Waals surface area contributed by atoms with Crippen molar-refractivity contribution in [3.63, 3.8) is 0 Å². The zero-order chi connectivity index (χ0) is 15.7. The number of nitrogens with two attached hydrogens (primary N) is 1. The van der Waals surface area contributed by atoms with Crippen LogP contribution in [0.25, 0.3) is 0 Å². The van der Waals surface area contributed by atoms with Crippen molar-refractivity contribution < 1.29 is 9.60 Å². The van der Waals surface area contributed by atoms with Gasteiger partial charge in [-0.3, -0.25) is 0 Å². The number of oxime groups is 1. The molecule has 0 aliphatic rings. The van der Waals surface area contributed by atoms with Crippen LogP contribution in [-0.4, -0.2) is 17.1 Å². The largest absolute Gasteiger partial charge is 0.409 e. The summed E-state index contributed by atoms with van der Waals surface area (Å²) in [5.74, 6) is -0.428. The van der Waals surface area contributed by atoms with Gasteiger partial charge >= 0.3 is 0 Å². The third-order valence-corrected chi connectivity index (χ3v) is 3.59. The Bertz CT molecular complexity index is 463. The molecule has 0 bridgehead atoms. The first-order valence-electron chi connectivity index (χ1n) is 7.58. The molecule has 0 saturated heterocycles. The molecule has 118 valence electrons. The summed E-state index contributed by atoms with van der Waals surface area (Å²) in [4.78, 5) is 0. The van der Waals surface area contributed by atoms with Gasteiger partial charge in [-0.05, 0) is 19.4 Å². The molecule has 0 aromatic heterocycles. The molecule has 1 atom stereocenters. The minimum Gasteiger partial charge on any atom is -0.409 e. The average Bonchev–Trinajstić information content (AvgIpc) is 2.49. The Morgan fingerprint density at radius 3 is 2.76 bits per heavy atom. The molecular weight excluding hydrogens is 269 g/mol. The van der Waals surface area contributed by atoms with Gasteiger partial charge in [-0.2, -0.15) is 0 Å². The van der Waals surface area contributed by atoms with E-state index in [0.717, 1.165) is 6.42 Å². The van der Waals surface area contributed by atoms with E-state index in [9.17, 15) is 4.39 Å². The first kappa shape index (κ1) is 17.4. The maximum atomic E-state index is 13.9. The molecule has 0 radical (unpaired) electrons. The molecule has 1 unspecified atom stereocenters. The van der Waals surface area contributed by atoms with E-state index in [1.807, 2.05) is 0 Å². The fourth-order valence-electron chi connectivity index (χ4n) is 2.17. The highest BCUT2D eigenvalue weighted by Gasteiger charge is 2.08. The quantitative estimate of drug-likeness (QED) is 0.215. The van der Waals surface area contributed by atoms with Gasteiger partial charge in [0.15, 0.2) is 5.84 Å². The van der Waals surface area contributed by atoms with Gasteiger partial charge in [-0.1, -0.05) is 49.9 Å². The second-order valence-corrected chi connectivity index (χ2v) is 5.42. The summed E-state index contributed by atoms with van der Waals surface area (Å²) in [7, 11) is 0. The molecule has 1 aromatic carbocycles. The summed E-state index contributed by atoms with van der Waals surface area (Å²) in [6.07, 6.45) is 6.07. The number of benzene rings is 1. The lowest BCUT2D eigenvalue weighted by Gasteiger charge is -2.14. The normalized spacial score (nSPS) is 13.4. The number of rotatable bonds is 9. The van der Waals surface area contributed by atoms with Gasteiger partial charge in [0, 0.05) is 23.7 Å². The lowest BCUT2D eigenvalue weighted by molar-refractivity contribution is 0.318. The van der Waals surface area contributed by atoms with Crippen LogP contribution in [0.1, 0.15) is 57.1 Å². The molecule has 1 rings (SSSR count). The fraction of sp³-hybridized carbons (Fsp3) is 0.562. The van der Waals surface area contributed by atoms with E-state index < -0.39 is 0 Å². The Hall–Kier alpha value is -1.62. The van der Waals surface area contributed by atoms with Gasteiger partial charge in [0.1, 0.15) is 5.82 Å². The summed E-state index contributed by atoms with van der Waals surface area (Å²) < 4.78 is 13.9. The lowest BCUT2D eigenvalue weighted by Crippen LogP contribution is -2.26. The molecule has 5 heteroatoms. The molecule has 0 spiro atoms. The molecule has 0 saturated carbocycles. The van der Waals surface area contributed by atoms with E-state index in [1.165, 1.54) is 31.7 Å². The predicted molar refractivity (Wildman–Crippen MR) is 84.0 cm³/mol. The van der Waals surface area contributed by atoms with Gasteiger partial charge in [-0.15, -0.1) is 0 Å². The average molecular weight is 295 g/mol. The Kier molecular flexibility index (Phi) is 7.75. The second-order valence-electron chi connectivity index (χ2n) is 5.42. The number of amidine groups is 1. The minimum absolute atomic E-state index is 0.0855. The van der Waals surface area contributed by atoms with Gasteiger partial charge in [-0.25, -0.2) is 4.39 Å². The van der Waals surface area contributed by atoms with Crippen molar-refractivity contribution in [1.82, 2.24) is 5.32 Å². The smallest absolute Gasteiger partial charge is 0.170 e. The van der Waals surface area contributed by atoms with Gasteiger partial charge in [0.2, 0.25) is 0 Å². The van der Waals surface area contributed by atoms with Crippen LogP contribution in [0.5, 0.6) is 0 Å². The van der Waals surface area contributed by atoms with Crippen LogP contribution in [0.15, 0.2) is 23.4 Å². The molecule has 4 nitrogen and oxygen atoms in total. The Morgan fingerprint density at radius 2 is 2.14 bits per heavy atom. The third-order valence-electron chi connectivity index (χ3n) is 3.59. The standard InChI is InChI=1S/C16H26FN3O/c1-3-4-5-6-7-12(2)19-11-14-9-8-13(10-15(14)17)16(18)20-21/h8-10,12,19,21H,3-7,11H2,1-2H3,(H2,18,20). The fourth-order valence-corrected chi connectivity index (χ4v) is 2.17. The maximum Gasteiger partial charge on any atom is 0.170 e. The van der Waals surface area contributed by atoms with Crippen molar-refractivity contribution in [2.24, 2.45) is 10.9 Å². The predicted octanol–water partition coefficient (Wildman–Crippen LogP) is 3.37. The maximum absolute atomic E-state index is 13.9. The highest BCUT2D eigenvalue weighted by atomic mass is 19.1. The number of nitrogens with one attached hydrogen (secondary N) is 1. The molecular formula is C16H26FN3O. The van der Waals surface area contributed by atoms with Crippen molar-refractivity contribution in [2.75, 3.05) is 0 Å². The summed E-state index contributed by atoms with van der Waals surface area (Å²) >= 11 is 0. The number of nitrogens with zero attached hydrogens (tertiary/aromatic N) is 1. The Balaban J connectivity index is 2.45. The van der Waals surface area contributed by atoms with Crippen LogP contribution in [0.3, 0.4) is 0 Å². The first-order valence-corrected chi connectivity index (χ1v) is 7.58. The van der Waals surface area contributed by atoms with Crippen LogP contribution in [-0.2, 0) is 6.54 Å². The van der Waals surface area contributed by atoms with Crippen molar-refractivity contribution in [3.8, 4) is 0 Å². The van der Waals surface area contributed by atoms with E-state index in [-0.39, 0.29) is 11.7 Å². The summed E-state index contributed by atoms with van der Waals surface area (Å²) in [6, 6.07) is 4.98. The van der Waals surface area contributed by atoms with E-state index >= 15 is 0 Å². The van der Waals surface area contributed by atoms with Crippen LogP contribution in [0.2, 0.25) is 0 Å². The minimum atomic E-state index is -0.343. The molecule has 4 N–H and O–H groups in total. The topological polar surface area (TPSA) is 70.6 Å². The zero-order valence-corrected chi connectivity index (χ0v) is 12.9. The third kappa shape index (κ3) is 6.12. The van der Waals surface area contributed by atoms with E-state index in [0.29, 0.717) is 23.7 Å². The van der Waals surface area contributed by atoms with Gasteiger partial charge < -0.3 is 16.3 Å².